The summed E-state index contributed by atoms with van der Waals surface area (Å²) in [5.41, 5.74) is 1.27. The maximum Gasteiger partial charge on any atom is 0.139 e. The molecule has 1 heteroatoms. The zero-order chi connectivity index (χ0) is 11.9. The van der Waals surface area contributed by atoms with E-state index in [0.717, 1.165) is 31.1 Å². The summed E-state index contributed by atoms with van der Waals surface area (Å²) in [6, 6.07) is 0. The Hall–Kier alpha value is -0.590. The van der Waals surface area contributed by atoms with Crippen LogP contribution in [0.4, 0.5) is 0 Å². The fourth-order valence-electron chi connectivity index (χ4n) is 3.63. The van der Waals surface area contributed by atoms with Crippen molar-refractivity contribution in [2.45, 2.75) is 52.9 Å². The Bertz CT molecular complexity index is 315. The van der Waals surface area contributed by atoms with Crippen molar-refractivity contribution in [2.24, 2.45) is 23.2 Å². The summed E-state index contributed by atoms with van der Waals surface area (Å²) in [7, 11) is 0. The molecule has 3 atom stereocenters. The maximum atomic E-state index is 12.1. The molecule has 2 rings (SSSR count). The van der Waals surface area contributed by atoms with E-state index in [0.29, 0.717) is 11.7 Å². The number of Topliss-reactive ketones (excluding diaryl/α,β-unsaturated/α-hetero) is 1. The van der Waals surface area contributed by atoms with E-state index in [-0.39, 0.29) is 5.41 Å². The number of carbonyl (C=O) groups excluding carboxylic acids is 1. The normalized spacial score (nSPS) is 40.0. The Kier molecular flexibility index (Phi) is 2.98. The molecule has 2 fully saturated rings. The molecule has 90 valence electrons. The molecular weight excluding hydrogens is 196 g/mol. The van der Waals surface area contributed by atoms with Crippen molar-refractivity contribution in [1.82, 2.24) is 0 Å². The lowest BCUT2D eigenvalue weighted by Gasteiger charge is -2.48. The van der Waals surface area contributed by atoms with Crippen LogP contribution < -0.4 is 0 Å². The lowest BCUT2D eigenvalue weighted by Crippen LogP contribution is -2.45. The van der Waals surface area contributed by atoms with Crippen molar-refractivity contribution >= 4 is 5.78 Å². The van der Waals surface area contributed by atoms with E-state index in [2.05, 4.69) is 27.4 Å². The summed E-state index contributed by atoms with van der Waals surface area (Å²) in [5, 5.41) is 0. The Morgan fingerprint density at radius 3 is 2.69 bits per heavy atom. The minimum absolute atomic E-state index is 0.0687. The second-order valence-electron chi connectivity index (χ2n) is 6.33. The molecule has 1 nitrogen and oxygen atoms in total. The van der Waals surface area contributed by atoms with Crippen molar-refractivity contribution in [3.63, 3.8) is 0 Å². The molecule has 0 N–H and O–H groups in total. The number of hydrogen-bond acceptors (Lipinski definition) is 1. The van der Waals surface area contributed by atoms with Crippen molar-refractivity contribution in [3.8, 4) is 0 Å². The Morgan fingerprint density at radius 2 is 2.06 bits per heavy atom. The highest BCUT2D eigenvalue weighted by Crippen LogP contribution is 2.52. The molecule has 0 amide bonds. The summed E-state index contributed by atoms with van der Waals surface area (Å²) < 4.78 is 0. The molecule has 0 radical (unpaired) electrons. The van der Waals surface area contributed by atoms with Gasteiger partial charge >= 0.3 is 0 Å². The largest absolute Gasteiger partial charge is 0.299 e. The summed E-state index contributed by atoms with van der Waals surface area (Å²) in [6.45, 7) is 11.0. The van der Waals surface area contributed by atoms with Crippen molar-refractivity contribution in [2.75, 3.05) is 0 Å². The molecule has 0 heterocycles. The van der Waals surface area contributed by atoms with Gasteiger partial charge in [-0.3, -0.25) is 4.79 Å². The first-order valence-electron chi connectivity index (χ1n) is 6.66. The van der Waals surface area contributed by atoms with Crippen LogP contribution in [-0.4, -0.2) is 5.78 Å². The Labute approximate surface area is 99.3 Å². The molecule has 0 aromatic heterocycles. The van der Waals surface area contributed by atoms with Crippen molar-refractivity contribution in [3.05, 3.63) is 12.2 Å². The minimum Gasteiger partial charge on any atom is -0.299 e. The number of fused-ring (bicyclic) bond motifs is 1. The Morgan fingerprint density at radius 1 is 1.38 bits per heavy atom. The standard InChI is InChI=1S/C15H24O/c1-10(2)12-7-8-15(4)13(9-12)11(3)5-6-14(15)16/h10,12-13H,3,5-9H2,1-2,4H3/t12-,13+,15+/m1/s1. The van der Waals surface area contributed by atoms with Crippen LogP contribution >= 0.6 is 0 Å². The predicted octanol–water partition coefficient (Wildman–Crippen LogP) is 3.98. The molecule has 2 aliphatic rings. The van der Waals surface area contributed by atoms with Gasteiger partial charge in [-0.15, -0.1) is 0 Å². The average molecular weight is 220 g/mol. The number of hydrogen-bond donors (Lipinski definition) is 0. The average Bonchev–Trinajstić information content (AvgIpc) is 2.24. The van der Waals surface area contributed by atoms with Crippen LogP contribution in [0.1, 0.15) is 52.9 Å². The molecule has 0 bridgehead atoms. The molecule has 0 aliphatic heterocycles. The highest BCUT2D eigenvalue weighted by atomic mass is 16.1. The number of ketones is 1. The van der Waals surface area contributed by atoms with Crippen LogP contribution in [0.15, 0.2) is 12.2 Å². The van der Waals surface area contributed by atoms with Gasteiger partial charge in [-0.2, -0.15) is 0 Å². The fraction of sp³-hybridized carbons (Fsp3) is 0.800. The number of rotatable bonds is 1. The number of carbonyl (C=O) groups is 1. The van der Waals surface area contributed by atoms with Crippen LogP contribution in [0, 0.1) is 23.2 Å². The van der Waals surface area contributed by atoms with Gasteiger partial charge in [0.25, 0.3) is 0 Å². The second-order valence-corrected chi connectivity index (χ2v) is 6.33. The monoisotopic (exact) mass is 220 g/mol. The summed E-state index contributed by atoms with van der Waals surface area (Å²) >= 11 is 0. The van der Waals surface area contributed by atoms with Crippen LogP contribution in [-0.2, 0) is 4.79 Å². The summed E-state index contributed by atoms with van der Waals surface area (Å²) in [4.78, 5) is 12.1. The number of allylic oxidation sites excluding steroid dienone is 1. The molecule has 0 spiro atoms. The molecular formula is C15H24O. The molecule has 0 unspecified atom stereocenters. The third kappa shape index (κ3) is 1.74. The van der Waals surface area contributed by atoms with Gasteiger partial charge < -0.3 is 0 Å². The van der Waals surface area contributed by atoms with Gasteiger partial charge in [0.15, 0.2) is 0 Å². The molecule has 2 aliphatic carbocycles. The van der Waals surface area contributed by atoms with E-state index < -0.39 is 0 Å². The second kappa shape index (κ2) is 4.01. The zero-order valence-corrected chi connectivity index (χ0v) is 10.9. The van der Waals surface area contributed by atoms with E-state index in [1.807, 2.05) is 0 Å². The Balaban J connectivity index is 2.22. The predicted molar refractivity (Wildman–Crippen MR) is 67.2 cm³/mol. The van der Waals surface area contributed by atoms with Crippen LogP contribution in [0.5, 0.6) is 0 Å². The third-order valence-electron chi connectivity index (χ3n) is 5.09. The van der Waals surface area contributed by atoms with E-state index >= 15 is 0 Å². The van der Waals surface area contributed by atoms with Crippen molar-refractivity contribution in [1.29, 1.82) is 0 Å². The third-order valence-corrected chi connectivity index (χ3v) is 5.09. The SMILES string of the molecule is C=C1CCC(=O)[C@@]2(C)CC[C@@H](C(C)C)C[C@@H]12. The van der Waals surface area contributed by atoms with Gasteiger partial charge in [-0.05, 0) is 43.4 Å². The van der Waals surface area contributed by atoms with E-state index in [1.165, 1.54) is 18.4 Å². The molecule has 0 saturated heterocycles. The van der Waals surface area contributed by atoms with E-state index in [9.17, 15) is 4.79 Å². The maximum absolute atomic E-state index is 12.1. The van der Waals surface area contributed by atoms with Gasteiger partial charge in [0.1, 0.15) is 5.78 Å². The van der Waals surface area contributed by atoms with Gasteiger partial charge in [0.2, 0.25) is 0 Å². The van der Waals surface area contributed by atoms with Crippen LogP contribution in [0.25, 0.3) is 0 Å². The molecule has 16 heavy (non-hydrogen) atoms. The molecule has 0 aromatic carbocycles. The van der Waals surface area contributed by atoms with Crippen LogP contribution in [0.2, 0.25) is 0 Å². The van der Waals surface area contributed by atoms with Crippen LogP contribution in [0.3, 0.4) is 0 Å². The smallest absolute Gasteiger partial charge is 0.139 e. The quantitative estimate of drug-likeness (QED) is 0.611. The zero-order valence-electron chi connectivity index (χ0n) is 10.9. The van der Waals surface area contributed by atoms with E-state index in [1.54, 1.807) is 0 Å². The summed E-state index contributed by atoms with van der Waals surface area (Å²) in [5.74, 6) is 2.50. The van der Waals surface area contributed by atoms with Crippen molar-refractivity contribution < 1.29 is 4.79 Å². The lowest BCUT2D eigenvalue weighted by molar-refractivity contribution is -0.135. The highest BCUT2D eigenvalue weighted by molar-refractivity contribution is 5.86. The van der Waals surface area contributed by atoms with Gasteiger partial charge in [0, 0.05) is 11.8 Å². The van der Waals surface area contributed by atoms with Gasteiger partial charge in [0.05, 0.1) is 0 Å². The first-order chi connectivity index (χ1) is 7.45. The topological polar surface area (TPSA) is 17.1 Å². The minimum atomic E-state index is -0.0687. The highest BCUT2D eigenvalue weighted by Gasteiger charge is 2.48. The molecule has 2 saturated carbocycles. The van der Waals surface area contributed by atoms with Gasteiger partial charge in [-0.25, -0.2) is 0 Å². The lowest BCUT2D eigenvalue weighted by atomic mass is 9.55. The molecule has 0 aromatic rings. The van der Waals surface area contributed by atoms with Gasteiger partial charge in [-0.1, -0.05) is 32.9 Å². The fourth-order valence-corrected chi connectivity index (χ4v) is 3.63. The first kappa shape index (κ1) is 11.9. The summed E-state index contributed by atoms with van der Waals surface area (Å²) in [6.07, 6.45) is 5.17. The first-order valence-corrected chi connectivity index (χ1v) is 6.66. The van der Waals surface area contributed by atoms with E-state index in [4.69, 9.17) is 0 Å².